The molecule has 2 rings (SSSR count). The van der Waals surface area contributed by atoms with E-state index in [0.717, 1.165) is 42.5 Å². The van der Waals surface area contributed by atoms with Crippen LogP contribution in [0.25, 0.3) is 11.1 Å². The van der Waals surface area contributed by atoms with Crippen molar-refractivity contribution in [2.75, 3.05) is 0 Å². The van der Waals surface area contributed by atoms with Gasteiger partial charge in [-0.2, -0.15) is 13.2 Å². The zero-order valence-corrected chi connectivity index (χ0v) is 9.82. The van der Waals surface area contributed by atoms with Crippen molar-refractivity contribution in [2.24, 2.45) is 0 Å². The van der Waals surface area contributed by atoms with Crippen molar-refractivity contribution in [1.82, 2.24) is 0 Å². The van der Waals surface area contributed by atoms with Crippen molar-refractivity contribution in [3.8, 4) is 11.1 Å². The van der Waals surface area contributed by atoms with Crippen molar-refractivity contribution in [2.45, 2.75) is 6.18 Å². The van der Waals surface area contributed by atoms with Gasteiger partial charge >= 0.3 is 6.18 Å². The number of nitrogens with zero attached hydrogens (tertiary/aromatic N) is 1. The normalized spacial score (nSPS) is 11.4. The zero-order valence-electron chi connectivity index (χ0n) is 9.82. The fourth-order valence-corrected chi connectivity index (χ4v) is 1.74. The van der Waals surface area contributed by atoms with E-state index in [2.05, 4.69) is 0 Å². The first kappa shape index (κ1) is 14.0. The summed E-state index contributed by atoms with van der Waals surface area (Å²) in [5, 5.41) is 10.8. The van der Waals surface area contributed by atoms with Gasteiger partial charge in [0.1, 0.15) is 5.82 Å². The van der Waals surface area contributed by atoms with Crippen molar-refractivity contribution in [3.63, 3.8) is 0 Å². The topological polar surface area (TPSA) is 43.1 Å². The van der Waals surface area contributed by atoms with E-state index in [4.69, 9.17) is 0 Å². The molecule has 0 aliphatic rings. The Morgan fingerprint density at radius 1 is 1.00 bits per heavy atom. The molecule has 0 saturated carbocycles. The molecule has 0 bridgehead atoms. The Kier molecular flexibility index (Phi) is 3.44. The molecule has 3 nitrogen and oxygen atoms in total. The van der Waals surface area contributed by atoms with Gasteiger partial charge in [0.15, 0.2) is 0 Å². The second-order valence-electron chi connectivity index (χ2n) is 3.99. The Labute approximate surface area is 110 Å². The molecule has 0 atom stereocenters. The molecule has 0 fully saturated rings. The minimum absolute atomic E-state index is 0.0660. The summed E-state index contributed by atoms with van der Waals surface area (Å²) < 4.78 is 50.4. The van der Waals surface area contributed by atoms with Gasteiger partial charge in [0.05, 0.1) is 16.1 Å². The van der Waals surface area contributed by atoms with Crippen LogP contribution in [-0.4, -0.2) is 4.92 Å². The smallest absolute Gasteiger partial charge is 0.258 e. The molecule has 104 valence electrons. The number of hydrogen-bond donors (Lipinski definition) is 0. The van der Waals surface area contributed by atoms with Crippen LogP contribution in [0, 0.1) is 15.9 Å². The Hall–Kier alpha value is -2.44. The molecular weight excluding hydrogens is 278 g/mol. The highest BCUT2D eigenvalue weighted by molar-refractivity contribution is 5.73. The summed E-state index contributed by atoms with van der Waals surface area (Å²) in [6.45, 7) is 0. The molecule has 0 unspecified atom stereocenters. The molecule has 0 aromatic heterocycles. The van der Waals surface area contributed by atoms with Crippen LogP contribution in [-0.2, 0) is 6.18 Å². The average molecular weight is 285 g/mol. The SMILES string of the molecule is O=[N+]([O-])c1ccc(F)cc1-c1ccc(C(F)(F)F)cc1. The van der Waals surface area contributed by atoms with Gasteiger partial charge in [0.2, 0.25) is 0 Å². The van der Waals surface area contributed by atoms with Crippen LogP contribution >= 0.6 is 0 Å². The molecule has 2 aromatic rings. The van der Waals surface area contributed by atoms with Gasteiger partial charge in [-0.3, -0.25) is 10.1 Å². The van der Waals surface area contributed by atoms with E-state index < -0.39 is 22.5 Å². The predicted octanol–water partition coefficient (Wildman–Crippen LogP) is 4.42. The summed E-state index contributed by atoms with van der Waals surface area (Å²) >= 11 is 0. The second-order valence-corrected chi connectivity index (χ2v) is 3.99. The highest BCUT2D eigenvalue weighted by Crippen LogP contribution is 2.34. The van der Waals surface area contributed by atoms with E-state index in [1.165, 1.54) is 0 Å². The van der Waals surface area contributed by atoms with Crippen LogP contribution in [0.1, 0.15) is 5.56 Å². The average Bonchev–Trinajstić information content (AvgIpc) is 2.37. The van der Waals surface area contributed by atoms with Gasteiger partial charge in [-0.25, -0.2) is 4.39 Å². The maximum atomic E-state index is 13.2. The lowest BCUT2D eigenvalue weighted by Crippen LogP contribution is -2.04. The van der Waals surface area contributed by atoms with E-state index >= 15 is 0 Å². The predicted molar refractivity (Wildman–Crippen MR) is 63.5 cm³/mol. The molecule has 0 amide bonds. The van der Waals surface area contributed by atoms with Crippen molar-refractivity contribution in [1.29, 1.82) is 0 Å². The van der Waals surface area contributed by atoms with Gasteiger partial charge in [0, 0.05) is 6.07 Å². The van der Waals surface area contributed by atoms with E-state index in [0.29, 0.717) is 0 Å². The summed E-state index contributed by atoms with van der Waals surface area (Å²) in [5.74, 6) is -0.703. The molecule has 0 radical (unpaired) electrons. The van der Waals surface area contributed by atoms with Gasteiger partial charge in [0.25, 0.3) is 5.69 Å². The van der Waals surface area contributed by atoms with Crippen molar-refractivity contribution in [3.05, 3.63) is 64.0 Å². The molecule has 0 N–H and O–H groups in total. The number of nitro groups is 1. The third-order valence-corrected chi connectivity index (χ3v) is 2.68. The monoisotopic (exact) mass is 285 g/mol. The lowest BCUT2D eigenvalue weighted by molar-refractivity contribution is -0.384. The standard InChI is InChI=1S/C13H7F4NO2/c14-10-5-6-12(18(19)20)11(7-10)8-1-3-9(4-2-8)13(15,16)17/h1-7H. The van der Waals surface area contributed by atoms with E-state index in [1.807, 2.05) is 0 Å². The van der Waals surface area contributed by atoms with Gasteiger partial charge in [-0.1, -0.05) is 12.1 Å². The quantitative estimate of drug-likeness (QED) is 0.465. The summed E-state index contributed by atoms with van der Waals surface area (Å²) in [6.07, 6.45) is -4.49. The second kappa shape index (κ2) is 4.92. The molecule has 0 aliphatic heterocycles. The molecule has 7 heteroatoms. The summed E-state index contributed by atoms with van der Waals surface area (Å²) in [5.41, 5.74) is -1.17. The number of alkyl halides is 3. The Balaban J connectivity index is 2.52. The molecule has 0 saturated heterocycles. The lowest BCUT2D eigenvalue weighted by atomic mass is 10.0. The fraction of sp³-hybridized carbons (Fsp3) is 0.0769. The van der Waals surface area contributed by atoms with Crippen LogP contribution in [0.4, 0.5) is 23.2 Å². The van der Waals surface area contributed by atoms with Crippen LogP contribution in [0.15, 0.2) is 42.5 Å². The summed E-state index contributed by atoms with van der Waals surface area (Å²) in [4.78, 5) is 10.1. The number of rotatable bonds is 2. The van der Waals surface area contributed by atoms with E-state index in [-0.39, 0.29) is 16.8 Å². The maximum Gasteiger partial charge on any atom is 0.416 e. The first-order valence-electron chi connectivity index (χ1n) is 5.40. The van der Waals surface area contributed by atoms with Crippen molar-refractivity contribution >= 4 is 5.69 Å². The fourth-order valence-electron chi connectivity index (χ4n) is 1.74. The Morgan fingerprint density at radius 3 is 2.10 bits per heavy atom. The number of benzene rings is 2. The van der Waals surface area contributed by atoms with E-state index in [1.54, 1.807) is 0 Å². The van der Waals surface area contributed by atoms with Crippen LogP contribution in [0.5, 0.6) is 0 Å². The van der Waals surface area contributed by atoms with Crippen molar-refractivity contribution < 1.29 is 22.5 Å². The molecule has 20 heavy (non-hydrogen) atoms. The zero-order chi connectivity index (χ0) is 14.9. The minimum atomic E-state index is -4.49. The van der Waals surface area contributed by atoms with Crippen LogP contribution in [0.3, 0.4) is 0 Å². The highest BCUT2D eigenvalue weighted by atomic mass is 19.4. The molecule has 0 spiro atoms. The molecule has 2 aromatic carbocycles. The number of hydrogen-bond acceptors (Lipinski definition) is 2. The van der Waals surface area contributed by atoms with Gasteiger partial charge < -0.3 is 0 Å². The summed E-state index contributed by atoms with van der Waals surface area (Å²) in [7, 11) is 0. The number of nitro benzene ring substituents is 1. The molecular formula is C13H7F4NO2. The Bertz CT molecular complexity index is 650. The molecule has 0 aliphatic carbocycles. The largest absolute Gasteiger partial charge is 0.416 e. The number of halogens is 4. The highest BCUT2D eigenvalue weighted by Gasteiger charge is 2.30. The first-order valence-corrected chi connectivity index (χ1v) is 5.40. The third kappa shape index (κ3) is 2.76. The van der Waals surface area contributed by atoms with Gasteiger partial charge in [-0.15, -0.1) is 0 Å². The maximum absolute atomic E-state index is 13.2. The Morgan fingerprint density at radius 2 is 1.60 bits per heavy atom. The lowest BCUT2D eigenvalue weighted by Gasteiger charge is -2.08. The third-order valence-electron chi connectivity index (χ3n) is 2.68. The van der Waals surface area contributed by atoms with E-state index in [9.17, 15) is 27.7 Å². The van der Waals surface area contributed by atoms with Gasteiger partial charge in [-0.05, 0) is 29.8 Å². The van der Waals surface area contributed by atoms with Crippen LogP contribution < -0.4 is 0 Å². The first-order chi connectivity index (χ1) is 9.29. The van der Waals surface area contributed by atoms with Crippen LogP contribution in [0.2, 0.25) is 0 Å². The summed E-state index contributed by atoms with van der Waals surface area (Å²) in [6, 6.07) is 6.55. The molecule has 0 heterocycles. The minimum Gasteiger partial charge on any atom is -0.258 e.